The van der Waals surface area contributed by atoms with E-state index in [0.29, 0.717) is 16.3 Å². The van der Waals surface area contributed by atoms with Crippen LogP contribution in [0.25, 0.3) is 16.9 Å². The number of hydrogen-bond donors (Lipinski definition) is 0. The lowest BCUT2D eigenvalue weighted by molar-refractivity contribution is -0.141. The summed E-state index contributed by atoms with van der Waals surface area (Å²) < 4.78 is 73.8. The first-order valence-electron chi connectivity index (χ1n) is 11.2. The van der Waals surface area contributed by atoms with Crippen LogP contribution in [0.4, 0.5) is 18.0 Å². The number of hydrogen-bond acceptors (Lipinski definition) is 5. The Balaban J connectivity index is 2.03. The van der Waals surface area contributed by atoms with Gasteiger partial charge in [-0.05, 0) is 64.4 Å². The van der Waals surface area contributed by atoms with Crippen LogP contribution in [0.15, 0.2) is 59.5 Å². The van der Waals surface area contributed by atoms with E-state index in [2.05, 4.69) is 5.10 Å². The van der Waals surface area contributed by atoms with Crippen molar-refractivity contribution in [3.05, 3.63) is 65.9 Å². The van der Waals surface area contributed by atoms with Gasteiger partial charge in [-0.2, -0.15) is 18.3 Å². The van der Waals surface area contributed by atoms with E-state index in [9.17, 15) is 26.4 Å². The zero-order chi connectivity index (χ0) is 26.9. The largest absolute Gasteiger partial charge is 0.443 e. The second-order valence-corrected chi connectivity index (χ2v) is 11.1. The number of halogens is 3. The summed E-state index contributed by atoms with van der Waals surface area (Å²) >= 11 is 0. The average Bonchev–Trinajstić information content (AvgIpc) is 3.23. The summed E-state index contributed by atoms with van der Waals surface area (Å²) in [5, 5.41) is 3.73. The summed E-state index contributed by atoms with van der Waals surface area (Å²) in [6.45, 7) is 8.37. The Hall–Kier alpha value is -3.34. The van der Waals surface area contributed by atoms with Crippen LogP contribution in [0.5, 0.6) is 0 Å². The highest BCUT2D eigenvalue weighted by atomic mass is 32.2. The fourth-order valence-electron chi connectivity index (χ4n) is 3.36. The van der Waals surface area contributed by atoms with Crippen molar-refractivity contribution in [1.82, 2.24) is 14.1 Å². The molecule has 0 aliphatic rings. The van der Waals surface area contributed by atoms with Crippen molar-refractivity contribution >= 4 is 16.1 Å². The van der Waals surface area contributed by atoms with Crippen molar-refractivity contribution < 1.29 is 31.1 Å². The van der Waals surface area contributed by atoms with Gasteiger partial charge in [0.2, 0.25) is 0 Å². The van der Waals surface area contributed by atoms with E-state index in [1.807, 2.05) is 6.92 Å². The molecule has 0 unspecified atom stereocenters. The van der Waals surface area contributed by atoms with Crippen LogP contribution in [0.3, 0.4) is 0 Å². The van der Waals surface area contributed by atoms with Gasteiger partial charge in [0.1, 0.15) is 5.60 Å². The molecule has 0 radical (unpaired) electrons. The number of carbonyl (C=O) groups is 1. The third kappa shape index (κ3) is 6.07. The molecule has 36 heavy (non-hydrogen) atoms. The molecular formula is C25H28F3N3O4S. The Morgan fingerprint density at radius 3 is 2.11 bits per heavy atom. The Kier molecular flexibility index (Phi) is 7.54. The van der Waals surface area contributed by atoms with Gasteiger partial charge in [0.15, 0.2) is 5.69 Å². The normalized spacial score (nSPS) is 12.4. The fraction of sp³-hybridized carbons (Fsp3) is 0.360. The first-order chi connectivity index (χ1) is 16.6. The summed E-state index contributed by atoms with van der Waals surface area (Å²) in [6, 6.07) is 13.0. The summed E-state index contributed by atoms with van der Waals surface area (Å²) in [7, 11) is -4.27. The lowest BCUT2D eigenvalue weighted by Gasteiger charge is -2.26. The van der Waals surface area contributed by atoms with E-state index in [4.69, 9.17) is 4.74 Å². The molecule has 194 valence electrons. The standard InChI is InChI=1S/C25H28F3N3O4S/c1-6-15-30(23(32)35-24(3,4)5)36(33,34)20-13-11-19(12-14-20)31-21(16-22(29-31)25(26,27)28)18-9-7-17(2)8-10-18/h7-14,16H,6,15H2,1-5H3. The molecule has 0 aliphatic carbocycles. The molecule has 0 atom stereocenters. The molecule has 1 aromatic heterocycles. The molecule has 0 N–H and O–H groups in total. The monoisotopic (exact) mass is 523 g/mol. The molecule has 0 aliphatic heterocycles. The van der Waals surface area contributed by atoms with Crippen molar-refractivity contribution in [3.63, 3.8) is 0 Å². The quantitative estimate of drug-likeness (QED) is 0.384. The summed E-state index contributed by atoms with van der Waals surface area (Å²) in [5.41, 5.74) is -0.102. The predicted octanol–water partition coefficient (Wildman–Crippen LogP) is 6.20. The summed E-state index contributed by atoms with van der Waals surface area (Å²) in [6.07, 6.45) is -5.30. The zero-order valence-electron chi connectivity index (χ0n) is 20.6. The Labute approximate surface area is 208 Å². The number of amides is 1. The molecule has 0 fully saturated rings. The van der Waals surface area contributed by atoms with E-state index in [1.165, 1.54) is 24.3 Å². The maximum absolute atomic E-state index is 13.4. The Morgan fingerprint density at radius 1 is 1.03 bits per heavy atom. The van der Waals surface area contributed by atoms with E-state index in [-0.39, 0.29) is 22.8 Å². The molecule has 11 heteroatoms. The fourth-order valence-corrected chi connectivity index (χ4v) is 4.75. The maximum Gasteiger partial charge on any atom is 0.435 e. The highest BCUT2D eigenvalue weighted by Crippen LogP contribution is 2.33. The predicted molar refractivity (Wildman–Crippen MR) is 129 cm³/mol. The van der Waals surface area contributed by atoms with Gasteiger partial charge in [-0.1, -0.05) is 36.8 Å². The molecule has 1 heterocycles. The van der Waals surface area contributed by atoms with E-state index in [0.717, 1.165) is 16.3 Å². The molecule has 3 rings (SSSR count). The van der Waals surface area contributed by atoms with Gasteiger partial charge in [0.05, 0.1) is 16.3 Å². The van der Waals surface area contributed by atoms with Crippen molar-refractivity contribution in [3.8, 4) is 16.9 Å². The maximum atomic E-state index is 13.4. The minimum Gasteiger partial charge on any atom is -0.443 e. The number of sulfonamides is 1. The molecule has 2 aromatic carbocycles. The lowest BCUT2D eigenvalue weighted by Crippen LogP contribution is -2.41. The number of nitrogens with zero attached hydrogens (tertiary/aromatic N) is 3. The molecule has 0 saturated carbocycles. The third-order valence-electron chi connectivity index (χ3n) is 5.04. The van der Waals surface area contributed by atoms with E-state index in [1.54, 1.807) is 52.0 Å². The van der Waals surface area contributed by atoms with Crippen LogP contribution >= 0.6 is 0 Å². The van der Waals surface area contributed by atoms with Crippen LogP contribution in [-0.4, -0.2) is 40.7 Å². The highest BCUT2D eigenvalue weighted by molar-refractivity contribution is 7.89. The number of benzene rings is 2. The second kappa shape index (κ2) is 9.96. The number of aromatic nitrogens is 2. The van der Waals surface area contributed by atoms with Crippen molar-refractivity contribution in [2.24, 2.45) is 0 Å². The van der Waals surface area contributed by atoms with Gasteiger partial charge in [-0.25, -0.2) is 22.2 Å². The number of carbonyl (C=O) groups excluding carboxylic acids is 1. The number of ether oxygens (including phenoxy) is 1. The second-order valence-electron chi connectivity index (χ2n) is 9.24. The number of aryl methyl sites for hydroxylation is 1. The molecule has 0 spiro atoms. The van der Waals surface area contributed by atoms with Gasteiger partial charge in [0, 0.05) is 12.1 Å². The number of rotatable bonds is 6. The SMILES string of the molecule is CCCN(C(=O)OC(C)(C)C)S(=O)(=O)c1ccc(-n2nc(C(F)(F)F)cc2-c2ccc(C)cc2)cc1. The van der Waals surface area contributed by atoms with Crippen molar-refractivity contribution in [1.29, 1.82) is 0 Å². The van der Waals surface area contributed by atoms with Gasteiger partial charge < -0.3 is 4.74 Å². The Bertz CT molecular complexity index is 1320. The molecule has 0 saturated heterocycles. The first-order valence-corrected chi connectivity index (χ1v) is 12.7. The van der Waals surface area contributed by atoms with Crippen LogP contribution in [0.1, 0.15) is 45.4 Å². The topological polar surface area (TPSA) is 81.5 Å². The first kappa shape index (κ1) is 27.3. The van der Waals surface area contributed by atoms with E-state index < -0.39 is 33.6 Å². The molecule has 3 aromatic rings. The molecule has 1 amide bonds. The smallest absolute Gasteiger partial charge is 0.435 e. The van der Waals surface area contributed by atoms with Gasteiger partial charge in [-0.3, -0.25) is 0 Å². The average molecular weight is 524 g/mol. The molecule has 7 nitrogen and oxygen atoms in total. The lowest BCUT2D eigenvalue weighted by atomic mass is 10.1. The van der Waals surface area contributed by atoms with Crippen LogP contribution in [0.2, 0.25) is 0 Å². The van der Waals surface area contributed by atoms with Gasteiger partial charge in [0.25, 0.3) is 10.0 Å². The summed E-state index contributed by atoms with van der Waals surface area (Å²) in [5.74, 6) is 0. The minimum absolute atomic E-state index is 0.0926. The van der Waals surface area contributed by atoms with Crippen LogP contribution < -0.4 is 0 Å². The van der Waals surface area contributed by atoms with Crippen LogP contribution in [0, 0.1) is 6.92 Å². The van der Waals surface area contributed by atoms with Gasteiger partial charge >= 0.3 is 12.3 Å². The minimum atomic E-state index is -4.66. The molecular weight excluding hydrogens is 495 g/mol. The number of alkyl halides is 3. The Morgan fingerprint density at radius 2 is 1.61 bits per heavy atom. The van der Waals surface area contributed by atoms with Crippen molar-refractivity contribution in [2.75, 3.05) is 6.54 Å². The van der Waals surface area contributed by atoms with E-state index >= 15 is 0 Å². The highest BCUT2D eigenvalue weighted by Gasteiger charge is 2.36. The van der Waals surface area contributed by atoms with Crippen molar-refractivity contribution in [2.45, 2.75) is 57.7 Å². The third-order valence-corrected chi connectivity index (χ3v) is 6.82. The van der Waals surface area contributed by atoms with Crippen LogP contribution in [-0.2, 0) is 20.9 Å². The zero-order valence-corrected chi connectivity index (χ0v) is 21.4. The summed E-state index contributed by atoms with van der Waals surface area (Å²) in [4.78, 5) is 12.4. The van der Waals surface area contributed by atoms with Gasteiger partial charge in [-0.15, -0.1) is 0 Å². The molecule has 0 bridgehead atoms.